The molecule has 0 radical (unpaired) electrons. The van der Waals surface area contributed by atoms with Gasteiger partial charge in [-0.1, -0.05) is 44.5 Å². The lowest BCUT2D eigenvalue weighted by molar-refractivity contribution is -0.123. The molecule has 2 aromatic rings. The average molecular weight is 397 g/mol. The number of ether oxygens (including phenoxy) is 1. The Morgan fingerprint density at radius 1 is 0.897 bits per heavy atom. The van der Waals surface area contributed by atoms with Crippen LogP contribution >= 0.6 is 0 Å². The summed E-state index contributed by atoms with van der Waals surface area (Å²) in [5.41, 5.74) is 5.01. The predicted molar refractivity (Wildman–Crippen MR) is 117 cm³/mol. The first-order chi connectivity index (χ1) is 13.6. The van der Waals surface area contributed by atoms with E-state index in [0.717, 1.165) is 28.0 Å². The molecule has 0 aliphatic heterocycles. The maximum absolute atomic E-state index is 12.2. The number of benzene rings is 2. The molecule has 0 atom stereocenters. The van der Waals surface area contributed by atoms with Gasteiger partial charge in [0.05, 0.1) is 0 Å². The van der Waals surface area contributed by atoms with Gasteiger partial charge in [-0.05, 0) is 61.1 Å². The molecule has 0 saturated heterocycles. The molecule has 2 amide bonds. The maximum Gasteiger partial charge on any atom is 0.258 e. The zero-order chi connectivity index (χ0) is 21.6. The van der Waals surface area contributed by atoms with E-state index in [4.69, 9.17) is 4.74 Å². The lowest BCUT2D eigenvalue weighted by atomic mass is 9.85. The number of hydrogen-bond donors (Lipinski definition) is 2. The summed E-state index contributed by atoms with van der Waals surface area (Å²) in [7, 11) is 0. The van der Waals surface area contributed by atoms with Crippen LogP contribution in [0.25, 0.3) is 0 Å². The Morgan fingerprint density at radius 3 is 2.24 bits per heavy atom. The second-order valence-electron chi connectivity index (χ2n) is 8.44. The van der Waals surface area contributed by atoms with Gasteiger partial charge in [0.2, 0.25) is 0 Å². The van der Waals surface area contributed by atoms with Crippen LogP contribution in [0, 0.1) is 20.8 Å². The van der Waals surface area contributed by atoms with Crippen LogP contribution in [0.3, 0.4) is 0 Å². The number of nitrogens with one attached hydrogen (secondary N) is 2. The SMILES string of the molecule is Cc1ccc(OCC(=O)NCCNC(=O)c2ccc(C)c(C)c2)c(C(C)(C)C)c1. The molecule has 5 heteroatoms. The van der Waals surface area contributed by atoms with E-state index >= 15 is 0 Å². The van der Waals surface area contributed by atoms with Gasteiger partial charge in [-0.2, -0.15) is 0 Å². The number of carbonyl (C=O) groups excluding carboxylic acids is 2. The molecule has 0 bridgehead atoms. The highest BCUT2D eigenvalue weighted by molar-refractivity contribution is 5.94. The Labute approximate surface area is 173 Å². The average Bonchev–Trinajstić information content (AvgIpc) is 2.65. The van der Waals surface area contributed by atoms with Crippen molar-refractivity contribution >= 4 is 11.8 Å². The molecule has 156 valence electrons. The maximum atomic E-state index is 12.2. The van der Waals surface area contributed by atoms with Crippen molar-refractivity contribution in [3.63, 3.8) is 0 Å². The van der Waals surface area contributed by atoms with Crippen LogP contribution < -0.4 is 15.4 Å². The lowest BCUT2D eigenvalue weighted by Gasteiger charge is -2.23. The van der Waals surface area contributed by atoms with E-state index in [0.29, 0.717) is 18.7 Å². The molecule has 0 fully saturated rings. The van der Waals surface area contributed by atoms with Crippen molar-refractivity contribution in [1.29, 1.82) is 0 Å². The van der Waals surface area contributed by atoms with Gasteiger partial charge < -0.3 is 15.4 Å². The van der Waals surface area contributed by atoms with Crippen molar-refractivity contribution in [2.75, 3.05) is 19.7 Å². The van der Waals surface area contributed by atoms with Gasteiger partial charge in [-0.15, -0.1) is 0 Å². The number of amides is 2. The molecule has 2 aromatic carbocycles. The van der Waals surface area contributed by atoms with Gasteiger partial charge in [0, 0.05) is 18.7 Å². The summed E-state index contributed by atoms with van der Waals surface area (Å²) in [6, 6.07) is 11.6. The van der Waals surface area contributed by atoms with Crippen LogP contribution in [0.15, 0.2) is 36.4 Å². The largest absolute Gasteiger partial charge is 0.483 e. The van der Waals surface area contributed by atoms with Crippen molar-refractivity contribution in [3.8, 4) is 5.75 Å². The molecular formula is C24H32N2O3. The van der Waals surface area contributed by atoms with Gasteiger partial charge >= 0.3 is 0 Å². The van der Waals surface area contributed by atoms with Crippen LogP contribution in [0.2, 0.25) is 0 Å². The van der Waals surface area contributed by atoms with Crippen molar-refractivity contribution in [3.05, 3.63) is 64.2 Å². The van der Waals surface area contributed by atoms with Crippen molar-refractivity contribution < 1.29 is 14.3 Å². The number of carbonyl (C=O) groups is 2. The van der Waals surface area contributed by atoms with Gasteiger partial charge in [-0.25, -0.2) is 0 Å². The van der Waals surface area contributed by atoms with Gasteiger partial charge in [0.1, 0.15) is 5.75 Å². The quantitative estimate of drug-likeness (QED) is 0.699. The zero-order valence-corrected chi connectivity index (χ0v) is 18.3. The molecule has 0 unspecified atom stereocenters. The lowest BCUT2D eigenvalue weighted by Crippen LogP contribution is -2.37. The Kier molecular flexibility index (Phi) is 7.43. The second-order valence-corrected chi connectivity index (χ2v) is 8.44. The third-order valence-corrected chi connectivity index (χ3v) is 4.80. The highest BCUT2D eigenvalue weighted by Gasteiger charge is 2.19. The highest BCUT2D eigenvalue weighted by atomic mass is 16.5. The molecule has 0 aromatic heterocycles. The van der Waals surface area contributed by atoms with Crippen LogP contribution in [0.4, 0.5) is 0 Å². The Hall–Kier alpha value is -2.82. The summed E-state index contributed by atoms with van der Waals surface area (Å²) in [5.74, 6) is 0.361. The fourth-order valence-electron chi connectivity index (χ4n) is 2.91. The molecule has 0 aliphatic rings. The summed E-state index contributed by atoms with van der Waals surface area (Å²) in [6.07, 6.45) is 0. The molecule has 0 heterocycles. The first kappa shape index (κ1) is 22.5. The number of aryl methyl sites for hydroxylation is 3. The topological polar surface area (TPSA) is 67.4 Å². The van der Waals surface area contributed by atoms with E-state index in [1.165, 1.54) is 0 Å². The fraction of sp³-hybridized carbons (Fsp3) is 0.417. The molecule has 0 saturated carbocycles. The predicted octanol–water partition coefficient (Wildman–Crippen LogP) is 3.83. The minimum absolute atomic E-state index is 0.0583. The molecule has 5 nitrogen and oxygen atoms in total. The smallest absolute Gasteiger partial charge is 0.258 e. The summed E-state index contributed by atoms with van der Waals surface area (Å²) in [5, 5.41) is 5.59. The summed E-state index contributed by atoms with van der Waals surface area (Å²) in [4.78, 5) is 24.3. The standard InChI is InChI=1S/C24H32N2O3/c1-16-7-10-21(20(13-16)24(4,5)6)29-15-22(27)25-11-12-26-23(28)19-9-8-17(2)18(3)14-19/h7-10,13-14H,11-12,15H2,1-6H3,(H,25,27)(H,26,28). The normalized spacial score (nSPS) is 11.1. The van der Waals surface area contributed by atoms with Crippen molar-refractivity contribution in [2.24, 2.45) is 0 Å². The van der Waals surface area contributed by atoms with E-state index in [2.05, 4.69) is 37.5 Å². The number of hydrogen-bond acceptors (Lipinski definition) is 3. The van der Waals surface area contributed by atoms with Crippen LogP contribution in [0.5, 0.6) is 5.75 Å². The second kappa shape index (κ2) is 9.59. The molecule has 29 heavy (non-hydrogen) atoms. The van der Waals surface area contributed by atoms with Crippen LogP contribution in [-0.4, -0.2) is 31.5 Å². The molecule has 0 aliphatic carbocycles. The van der Waals surface area contributed by atoms with Crippen LogP contribution in [0.1, 0.15) is 53.4 Å². The third-order valence-electron chi connectivity index (χ3n) is 4.80. The monoisotopic (exact) mass is 396 g/mol. The molecule has 2 N–H and O–H groups in total. The minimum Gasteiger partial charge on any atom is -0.483 e. The number of rotatable bonds is 7. The summed E-state index contributed by atoms with van der Waals surface area (Å²) in [6.45, 7) is 13.0. The molecular weight excluding hydrogens is 364 g/mol. The van der Waals surface area contributed by atoms with E-state index in [1.807, 2.05) is 45.0 Å². The first-order valence-corrected chi connectivity index (χ1v) is 9.94. The third kappa shape index (κ3) is 6.63. The van der Waals surface area contributed by atoms with Gasteiger partial charge in [0.15, 0.2) is 6.61 Å². The Balaban J connectivity index is 1.78. The van der Waals surface area contributed by atoms with Crippen LogP contribution in [-0.2, 0) is 10.2 Å². The summed E-state index contributed by atoms with van der Waals surface area (Å²) < 4.78 is 5.75. The Morgan fingerprint density at radius 2 is 1.59 bits per heavy atom. The van der Waals surface area contributed by atoms with E-state index in [9.17, 15) is 9.59 Å². The van der Waals surface area contributed by atoms with Crippen molar-refractivity contribution in [2.45, 2.75) is 47.0 Å². The Bertz CT molecular complexity index is 882. The molecule has 2 rings (SSSR count). The van der Waals surface area contributed by atoms with E-state index in [1.54, 1.807) is 6.07 Å². The fourth-order valence-corrected chi connectivity index (χ4v) is 2.91. The highest BCUT2D eigenvalue weighted by Crippen LogP contribution is 2.32. The van der Waals surface area contributed by atoms with Crippen molar-refractivity contribution in [1.82, 2.24) is 10.6 Å². The van der Waals surface area contributed by atoms with E-state index in [-0.39, 0.29) is 23.8 Å². The van der Waals surface area contributed by atoms with Gasteiger partial charge in [0.25, 0.3) is 11.8 Å². The zero-order valence-electron chi connectivity index (χ0n) is 18.3. The summed E-state index contributed by atoms with van der Waals surface area (Å²) >= 11 is 0. The molecule has 0 spiro atoms. The minimum atomic E-state index is -0.217. The van der Waals surface area contributed by atoms with Gasteiger partial charge in [-0.3, -0.25) is 9.59 Å². The first-order valence-electron chi connectivity index (χ1n) is 9.94. The van der Waals surface area contributed by atoms with E-state index < -0.39 is 0 Å².